The van der Waals surface area contributed by atoms with Crippen LogP contribution in [0.3, 0.4) is 0 Å². The Kier molecular flexibility index (Phi) is 4.42. The van der Waals surface area contributed by atoms with Gasteiger partial charge in [-0.2, -0.15) is 5.10 Å². The van der Waals surface area contributed by atoms with Crippen molar-refractivity contribution < 1.29 is 9.59 Å². The van der Waals surface area contributed by atoms with Gasteiger partial charge in [0.15, 0.2) is 0 Å². The van der Waals surface area contributed by atoms with Crippen molar-refractivity contribution in [3.63, 3.8) is 0 Å². The van der Waals surface area contributed by atoms with Crippen LogP contribution in [0.2, 0.25) is 0 Å². The molecule has 2 heterocycles. The lowest BCUT2D eigenvalue weighted by Crippen LogP contribution is -2.46. The average Bonchev–Trinajstić information content (AvgIpc) is 3.30. The van der Waals surface area contributed by atoms with Gasteiger partial charge in [-0.25, -0.2) is 0 Å². The summed E-state index contributed by atoms with van der Waals surface area (Å²) in [6, 6.07) is 5.33. The molecule has 1 saturated carbocycles. The third-order valence-corrected chi connectivity index (χ3v) is 5.50. The fourth-order valence-corrected chi connectivity index (χ4v) is 4.13. The summed E-state index contributed by atoms with van der Waals surface area (Å²) >= 11 is 0. The number of nitrogens with zero attached hydrogens (tertiary/aromatic N) is 2. The molecule has 1 aliphatic carbocycles. The fraction of sp³-hybridized carbons (Fsp3) is 0.526. The summed E-state index contributed by atoms with van der Waals surface area (Å²) in [5.41, 5.74) is 1.68. The lowest BCUT2D eigenvalue weighted by molar-refractivity contribution is -0.141. The number of H-pyrrole nitrogens is 1. The van der Waals surface area contributed by atoms with Crippen molar-refractivity contribution in [2.45, 2.75) is 51.0 Å². The van der Waals surface area contributed by atoms with Crippen LogP contribution in [0.15, 0.2) is 24.4 Å². The SMILES string of the molecule is O=C(Nc1ccc2[nH]ncc2c1)C1CCCN1C(=O)C1CCCCC1. The number of benzene rings is 1. The minimum Gasteiger partial charge on any atom is -0.330 e. The summed E-state index contributed by atoms with van der Waals surface area (Å²) < 4.78 is 0. The molecule has 0 radical (unpaired) electrons. The molecule has 2 aromatic rings. The van der Waals surface area contributed by atoms with E-state index in [0.717, 1.165) is 55.1 Å². The number of nitrogens with one attached hydrogen (secondary N) is 2. The Morgan fingerprint density at radius 1 is 1.12 bits per heavy atom. The number of amides is 2. The Morgan fingerprint density at radius 2 is 1.96 bits per heavy atom. The highest BCUT2D eigenvalue weighted by Crippen LogP contribution is 2.29. The third kappa shape index (κ3) is 3.25. The summed E-state index contributed by atoms with van der Waals surface area (Å²) in [5.74, 6) is 0.219. The number of likely N-dealkylation sites (tertiary alicyclic amines) is 1. The Morgan fingerprint density at radius 3 is 2.80 bits per heavy atom. The predicted molar refractivity (Wildman–Crippen MR) is 96.0 cm³/mol. The highest BCUT2D eigenvalue weighted by molar-refractivity contribution is 5.99. The second-order valence-electron chi connectivity index (χ2n) is 7.19. The van der Waals surface area contributed by atoms with E-state index in [1.165, 1.54) is 6.42 Å². The standard InChI is InChI=1S/C19H24N4O2/c24-18(21-15-8-9-16-14(11-15)12-20-22-16)17-7-4-10-23(17)19(25)13-5-2-1-3-6-13/h8-9,11-13,17H,1-7,10H2,(H,20,22)(H,21,24). The molecule has 25 heavy (non-hydrogen) atoms. The second-order valence-corrected chi connectivity index (χ2v) is 7.19. The number of aromatic nitrogens is 2. The molecule has 132 valence electrons. The molecule has 2 aliphatic rings. The molecular formula is C19H24N4O2. The molecule has 1 atom stereocenters. The lowest BCUT2D eigenvalue weighted by atomic mass is 9.88. The molecule has 1 saturated heterocycles. The van der Waals surface area contributed by atoms with Crippen molar-refractivity contribution in [1.82, 2.24) is 15.1 Å². The fourth-order valence-electron chi connectivity index (χ4n) is 4.13. The largest absolute Gasteiger partial charge is 0.330 e. The van der Waals surface area contributed by atoms with E-state index in [0.29, 0.717) is 6.54 Å². The van der Waals surface area contributed by atoms with Gasteiger partial charge in [0.1, 0.15) is 6.04 Å². The normalized spacial score (nSPS) is 21.6. The molecule has 2 fully saturated rings. The Balaban J connectivity index is 1.45. The van der Waals surface area contributed by atoms with Crippen molar-refractivity contribution in [3.05, 3.63) is 24.4 Å². The van der Waals surface area contributed by atoms with Crippen LogP contribution < -0.4 is 5.32 Å². The van der Waals surface area contributed by atoms with Crippen LogP contribution in [0.4, 0.5) is 5.69 Å². The van der Waals surface area contributed by atoms with Gasteiger partial charge in [0.25, 0.3) is 0 Å². The molecule has 2 amide bonds. The van der Waals surface area contributed by atoms with Crippen LogP contribution in [-0.4, -0.2) is 39.5 Å². The van der Waals surface area contributed by atoms with Gasteiger partial charge in [-0.3, -0.25) is 14.7 Å². The van der Waals surface area contributed by atoms with Gasteiger partial charge in [-0.05, 0) is 43.9 Å². The smallest absolute Gasteiger partial charge is 0.247 e. The Bertz CT molecular complexity index is 779. The van der Waals surface area contributed by atoms with Crippen molar-refractivity contribution in [2.24, 2.45) is 5.92 Å². The first-order valence-electron chi connectivity index (χ1n) is 9.27. The first kappa shape index (κ1) is 16.1. The number of rotatable bonds is 3. The Labute approximate surface area is 147 Å². The monoisotopic (exact) mass is 340 g/mol. The van der Waals surface area contributed by atoms with E-state index in [4.69, 9.17) is 0 Å². The predicted octanol–water partition coefficient (Wildman–Crippen LogP) is 3.07. The third-order valence-electron chi connectivity index (χ3n) is 5.50. The van der Waals surface area contributed by atoms with Gasteiger partial charge < -0.3 is 10.2 Å². The summed E-state index contributed by atoms with van der Waals surface area (Å²) in [7, 11) is 0. The number of hydrogen-bond donors (Lipinski definition) is 2. The molecule has 0 bridgehead atoms. The molecule has 6 heteroatoms. The van der Waals surface area contributed by atoms with Crippen LogP contribution in [0, 0.1) is 5.92 Å². The van der Waals surface area contributed by atoms with Gasteiger partial charge in [0.2, 0.25) is 11.8 Å². The molecule has 1 aromatic carbocycles. The summed E-state index contributed by atoms with van der Waals surface area (Å²) in [5, 5.41) is 10.8. The number of aromatic amines is 1. The molecule has 1 aromatic heterocycles. The van der Waals surface area contributed by atoms with Gasteiger partial charge in [-0.1, -0.05) is 19.3 Å². The maximum Gasteiger partial charge on any atom is 0.247 e. The lowest BCUT2D eigenvalue weighted by Gasteiger charge is -2.30. The number of fused-ring (bicyclic) bond motifs is 1. The van der Waals surface area contributed by atoms with Crippen LogP contribution >= 0.6 is 0 Å². The number of hydrogen-bond acceptors (Lipinski definition) is 3. The minimum atomic E-state index is -0.338. The van der Waals surface area contributed by atoms with Gasteiger partial charge in [0, 0.05) is 23.5 Å². The summed E-state index contributed by atoms with van der Waals surface area (Å²) in [4.78, 5) is 27.4. The second kappa shape index (κ2) is 6.86. The zero-order valence-corrected chi connectivity index (χ0v) is 14.3. The molecule has 6 nitrogen and oxygen atoms in total. The van der Waals surface area contributed by atoms with Gasteiger partial charge >= 0.3 is 0 Å². The highest BCUT2D eigenvalue weighted by Gasteiger charge is 2.37. The molecule has 1 aliphatic heterocycles. The van der Waals surface area contributed by atoms with Crippen molar-refractivity contribution in [1.29, 1.82) is 0 Å². The minimum absolute atomic E-state index is 0.0792. The summed E-state index contributed by atoms with van der Waals surface area (Å²) in [6.07, 6.45) is 8.82. The van der Waals surface area contributed by atoms with E-state index in [2.05, 4.69) is 15.5 Å². The van der Waals surface area contributed by atoms with Crippen LogP contribution in [-0.2, 0) is 9.59 Å². The number of carbonyl (C=O) groups excluding carboxylic acids is 2. The maximum absolute atomic E-state index is 12.8. The molecule has 4 rings (SSSR count). The highest BCUT2D eigenvalue weighted by atomic mass is 16.2. The van der Waals surface area contributed by atoms with E-state index in [-0.39, 0.29) is 23.8 Å². The van der Waals surface area contributed by atoms with E-state index < -0.39 is 0 Å². The van der Waals surface area contributed by atoms with Crippen LogP contribution in [0.1, 0.15) is 44.9 Å². The summed E-state index contributed by atoms with van der Waals surface area (Å²) in [6.45, 7) is 0.703. The van der Waals surface area contributed by atoms with E-state index >= 15 is 0 Å². The van der Waals surface area contributed by atoms with Gasteiger partial charge in [0.05, 0.1) is 11.7 Å². The van der Waals surface area contributed by atoms with E-state index in [1.807, 2.05) is 23.1 Å². The first-order valence-corrected chi connectivity index (χ1v) is 9.27. The topological polar surface area (TPSA) is 78.1 Å². The molecule has 0 spiro atoms. The molecule has 1 unspecified atom stereocenters. The van der Waals surface area contributed by atoms with Crippen LogP contribution in [0.25, 0.3) is 10.9 Å². The van der Waals surface area contributed by atoms with Crippen molar-refractivity contribution in [2.75, 3.05) is 11.9 Å². The average molecular weight is 340 g/mol. The Hall–Kier alpha value is -2.37. The first-order chi connectivity index (χ1) is 12.2. The van der Waals surface area contributed by atoms with Gasteiger partial charge in [-0.15, -0.1) is 0 Å². The number of carbonyl (C=O) groups is 2. The van der Waals surface area contributed by atoms with Crippen molar-refractivity contribution in [3.8, 4) is 0 Å². The van der Waals surface area contributed by atoms with E-state index in [9.17, 15) is 9.59 Å². The number of anilines is 1. The molecule has 2 N–H and O–H groups in total. The zero-order chi connectivity index (χ0) is 17.2. The zero-order valence-electron chi connectivity index (χ0n) is 14.3. The maximum atomic E-state index is 12.8. The van der Waals surface area contributed by atoms with Crippen molar-refractivity contribution >= 4 is 28.4 Å². The quantitative estimate of drug-likeness (QED) is 0.901. The van der Waals surface area contributed by atoms with E-state index in [1.54, 1.807) is 6.20 Å². The molecular weight excluding hydrogens is 316 g/mol. The van der Waals surface area contributed by atoms with Crippen LogP contribution in [0.5, 0.6) is 0 Å².